The number of nitrogens with two attached hydrogens (primary N) is 1. The van der Waals surface area contributed by atoms with E-state index in [-0.39, 0.29) is 29.9 Å². The number of nitrogen functional groups attached to an aromatic ring is 1. The number of fused-ring (bicyclic) bond motifs is 2. The second kappa shape index (κ2) is 8.20. The van der Waals surface area contributed by atoms with Crippen LogP contribution in [0, 0.1) is 0 Å². The fourth-order valence-corrected chi connectivity index (χ4v) is 4.44. The topological polar surface area (TPSA) is 95.7 Å². The van der Waals surface area contributed by atoms with Crippen molar-refractivity contribution < 1.29 is 9.59 Å². The summed E-state index contributed by atoms with van der Waals surface area (Å²) in [7, 11) is 2.06. The third kappa shape index (κ3) is 3.89. The Kier molecular flexibility index (Phi) is 5.22. The molecule has 1 fully saturated rings. The molecule has 0 atom stereocenters. The van der Waals surface area contributed by atoms with Gasteiger partial charge in [-0.2, -0.15) is 0 Å². The van der Waals surface area contributed by atoms with Crippen molar-refractivity contribution in [2.24, 2.45) is 0 Å². The van der Waals surface area contributed by atoms with E-state index in [0.29, 0.717) is 24.0 Å². The first-order chi connectivity index (χ1) is 15.5. The van der Waals surface area contributed by atoms with Crippen LogP contribution in [0.3, 0.4) is 0 Å². The zero-order chi connectivity index (χ0) is 22.2. The summed E-state index contributed by atoms with van der Waals surface area (Å²) in [5.41, 5.74) is 9.94. The molecule has 1 aromatic heterocycles. The zero-order valence-corrected chi connectivity index (χ0v) is 18.1. The van der Waals surface area contributed by atoms with Gasteiger partial charge in [-0.3, -0.25) is 9.59 Å². The lowest BCUT2D eigenvalue weighted by molar-refractivity contribution is -0.132. The van der Waals surface area contributed by atoms with Crippen LogP contribution in [0.4, 0.5) is 5.95 Å². The van der Waals surface area contributed by atoms with E-state index in [1.165, 1.54) is 0 Å². The molecule has 2 aromatic carbocycles. The first kappa shape index (κ1) is 20.4. The molecule has 1 saturated heterocycles. The molecule has 0 bridgehead atoms. The van der Waals surface area contributed by atoms with Crippen LogP contribution in [-0.2, 0) is 24.3 Å². The molecule has 32 heavy (non-hydrogen) atoms. The van der Waals surface area contributed by atoms with Crippen LogP contribution in [-0.4, -0.2) is 69.7 Å². The quantitative estimate of drug-likeness (QED) is 0.679. The maximum atomic E-state index is 13.4. The van der Waals surface area contributed by atoms with Crippen molar-refractivity contribution in [1.29, 1.82) is 0 Å². The minimum atomic E-state index is -0.178. The summed E-state index contributed by atoms with van der Waals surface area (Å²) in [6.07, 6.45) is 0.285. The van der Waals surface area contributed by atoms with Gasteiger partial charge in [-0.1, -0.05) is 30.3 Å². The standard InChI is InChI=1S/C24H26N6O2/c1-28-8-10-29(11-9-28)21(31)13-16-6-7-20-19(12-16)22(27-24(25)26-20)23(32)30-14-17-4-2-3-5-18(17)15-30/h2-7,12H,8-11,13-15H2,1H3,(H2,25,26,27). The molecule has 2 amide bonds. The van der Waals surface area contributed by atoms with Crippen molar-refractivity contribution in [3.05, 3.63) is 64.8 Å². The van der Waals surface area contributed by atoms with E-state index >= 15 is 0 Å². The first-order valence-electron chi connectivity index (χ1n) is 10.9. The average Bonchev–Trinajstić information content (AvgIpc) is 3.23. The van der Waals surface area contributed by atoms with Gasteiger partial charge in [-0.05, 0) is 35.9 Å². The number of hydrogen-bond donors (Lipinski definition) is 1. The van der Waals surface area contributed by atoms with Crippen molar-refractivity contribution in [3.8, 4) is 0 Å². The highest BCUT2D eigenvalue weighted by Gasteiger charge is 2.27. The number of hydrogen-bond acceptors (Lipinski definition) is 6. The Hall–Kier alpha value is -3.52. The molecular weight excluding hydrogens is 404 g/mol. The maximum Gasteiger partial charge on any atom is 0.273 e. The third-order valence-corrected chi connectivity index (χ3v) is 6.32. The highest BCUT2D eigenvalue weighted by molar-refractivity contribution is 6.05. The number of amides is 2. The second-order valence-corrected chi connectivity index (χ2v) is 8.57. The Labute approximate surface area is 186 Å². The van der Waals surface area contributed by atoms with Gasteiger partial charge >= 0.3 is 0 Å². The monoisotopic (exact) mass is 430 g/mol. The summed E-state index contributed by atoms with van der Waals surface area (Å²) < 4.78 is 0. The minimum absolute atomic E-state index is 0.0684. The fraction of sp³-hybridized carbons (Fsp3) is 0.333. The number of aromatic nitrogens is 2. The predicted molar refractivity (Wildman–Crippen MR) is 122 cm³/mol. The second-order valence-electron chi connectivity index (χ2n) is 8.57. The summed E-state index contributed by atoms with van der Waals surface area (Å²) in [4.78, 5) is 40.7. The maximum absolute atomic E-state index is 13.4. The molecule has 0 saturated carbocycles. The van der Waals surface area contributed by atoms with Crippen LogP contribution >= 0.6 is 0 Å². The van der Waals surface area contributed by atoms with Gasteiger partial charge in [0.15, 0.2) is 0 Å². The fourth-order valence-electron chi connectivity index (χ4n) is 4.44. The Morgan fingerprint density at radius 3 is 2.31 bits per heavy atom. The molecule has 3 aromatic rings. The van der Waals surface area contributed by atoms with Gasteiger partial charge in [0.05, 0.1) is 11.9 Å². The van der Waals surface area contributed by atoms with Gasteiger partial charge < -0.3 is 20.4 Å². The van der Waals surface area contributed by atoms with E-state index in [0.717, 1.165) is 42.9 Å². The van der Waals surface area contributed by atoms with Gasteiger partial charge in [0.25, 0.3) is 5.91 Å². The zero-order valence-electron chi connectivity index (χ0n) is 18.1. The van der Waals surface area contributed by atoms with Crippen LogP contribution < -0.4 is 5.73 Å². The highest BCUT2D eigenvalue weighted by Crippen LogP contribution is 2.27. The summed E-state index contributed by atoms with van der Waals surface area (Å²) in [6.45, 7) is 4.33. The van der Waals surface area contributed by atoms with E-state index in [4.69, 9.17) is 5.73 Å². The number of nitrogens with zero attached hydrogens (tertiary/aromatic N) is 5. The molecule has 2 aliphatic rings. The first-order valence-corrected chi connectivity index (χ1v) is 10.9. The summed E-state index contributed by atoms with van der Waals surface area (Å²) in [5.74, 6) is -0.0154. The van der Waals surface area contributed by atoms with Crippen molar-refractivity contribution in [3.63, 3.8) is 0 Å². The molecule has 8 nitrogen and oxygen atoms in total. The van der Waals surface area contributed by atoms with Crippen molar-refractivity contribution in [2.75, 3.05) is 39.0 Å². The van der Waals surface area contributed by atoms with Crippen molar-refractivity contribution in [1.82, 2.24) is 24.7 Å². The van der Waals surface area contributed by atoms with Crippen LogP contribution in [0.1, 0.15) is 27.2 Å². The van der Waals surface area contributed by atoms with E-state index in [2.05, 4.69) is 21.9 Å². The summed E-state index contributed by atoms with van der Waals surface area (Å²) >= 11 is 0. The van der Waals surface area contributed by atoms with Crippen LogP contribution in [0.5, 0.6) is 0 Å². The lowest BCUT2D eigenvalue weighted by Crippen LogP contribution is -2.47. The number of benzene rings is 2. The van der Waals surface area contributed by atoms with Gasteiger partial charge in [-0.15, -0.1) is 0 Å². The SMILES string of the molecule is CN1CCN(C(=O)Cc2ccc3nc(N)nc(C(=O)N4Cc5ccccc5C4)c3c2)CC1. The Morgan fingerprint density at radius 2 is 1.62 bits per heavy atom. The van der Waals surface area contributed by atoms with Gasteiger partial charge in [0.2, 0.25) is 11.9 Å². The van der Waals surface area contributed by atoms with E-state index in [1.807, 2.05) is 47.4 Å². The number of piperazine rings is 1. The van der Waals surface area contributed by atoms with Crippen LogP contribution in [0.15, 0.2) is 42.5 Å². The molecule has 0 radical (unpaired) electrons. The van der Waals surface area contributed by atoms with E-state index in [1.54, 1.807) is 4.90 Å². The lowest BCUT2D eigenvalue weighted by atomic mass is 10.1. The Balaban J connectivity index is 1.42. The van der Waals surface area contributed by atoms with Gasteiger partial charge in [-0.25, -0.2) is 9.97 Å². The van der Waals surface area contributed by atoms with Gasteiger partial charge in [0.1, 0.15) is 5.69 Å². The number of anilines is 1. The van der Waals surface area contributed by atoms with E-state index < -0.39 is 0 Å². The largest absolute Gasteiger partial charge is 0.368 e. The van der Waals surface area contributed by atoms with Gasteiger partial charge in [0, 0.05) is 44.7 Å². The average molecular weight is 431 g/mol. The number of carbonyl (C=O) groups excluding carboxylic acids is 2. The third-order valence-electron chi connectivity index (χ3n) is 6.32. The van der Waals surface area contributed by atoms with Crippen LogP contribution in [0.25, 0.3) is 10.9 Å². The number of likely N-dealkylation sites (N-methyl/N-ethyl adjacent to an activating group) is 1. The smallest absolute Gasteiger partial charge is 0.273 e. The number of rotatable bonds is 3. The molecule has 0 unspecified atom stereocenters. The normalized spacial score (nSPS) is 16.4. The molecule has 0 aliphatic carbocycles. The molecular formula is C24H26N6O2. The highest BCUT2D eigenvalue weighted by atomic mass is 16.2. The summed E-state index contributed by atoms with van der Waals surface area (Å²) in [5, 5.41) is 0.629. The molecule has 3 heterocycles. The Bertz CT molecular complexity index is 1180. The van der Waals surface area contributed by atoms with E-state index in [9.17, 15) is 9.59 Å². The Morgan fingerprint density at radius 1 is 0.938 bits per heavy atom. The molecule has 0 spiro atoms. The van der Waals surface area contributed by atoms with Crippen molar-refractivity contribution >= 4 is 28.7 Å². The molecule has 5 rings (SSSR count). The molecule has 2 aliphatic heterocycles. The van der Waals surface area contributed by atoms with Crippen molar-refractivity contribution in [2.45, 2.75) is 19.5 Å². The molecule has 2 N–H and O–H groups in total. The van der Waals surface area contributed by atoms with Crippen LogP contribution in [0.2, 0.25) is 0 Å². The molecule has 8 heteroatoms. The lowest BCUT2D eigenvalue weighted by Gasteiger charge is -2.32. The predicted octanol–water partition coefficient (Wildman–Crippen LogP) is 1.68. The number of carbonyl (C=O) groups is 2. The summed E-state index contributed by atoms with van der Waals surface area (Å²) in [6, 6.07) is 13.6. The minimum Gasteiger partial charge on any atom is -0.368 e. The molecule has 164 valence electrons.